The Labute approximate surface area is 147 Å². The number of Topliss-reactive ketones (excluding diaryl/α,β-unsaturated/α-hetero) is 1. The Kier molecular flexibility index (Phi) is 5.97. The minimum Gasteiger partial charge on any atom is -0.451 e. The van der Waals surface area contributed by atoms with E-state index in [0.717, 1.165) is 16.7 Å². The van der Waals surface area contributed by atoms with Gasteiger partial charge in [-0.2, -0.15) is 0 Å². The number of ketones is 1. The Balaban J connectivity index is 1.76. The molecule has 0 unspecified atom stereocenters. The molecule has 0 aromatic carbocycles. The van der Waals surface area contributed by atoms with Crippen LogP contribution in [0.2, 0.25) is 0 Å². The molecule has 3 amide bonds. The van der Waals surface area contributed by atoms with Gasteiger partial charge in [-0.15, -0.1) is 0 Å². The average Bonchev–Trinajstić information content (AvgIpc) is 3.09. The van der Waals surface area contributed by atoms with Gasteiger partial charge in [-0.25, -0.2) is 4.79 Å². The summed E-state index contributed by atoms with van der Waals surface area (Å²) >= 11 is 0.918. The van der Waals surface area contributed by atoms with E-state index in [4.69, 9.17) is 4.74 Å². The van der Waals surface area contributed by atoms with E-state index in [9.17, 15) is 24.0 Å². The maximum absolute atomic E-state index is 11.9. The third-order valence-electron chi connectivity index (χ3n) is 3.45. The van der Waals surface area contributed by atoms with Gasteiger partial charge in [-0.1, -0.05) is 11.8 Å². The quantitative estimate of drug-likeness (QED) is 0.540. The van der Waals surface area contributed by atoms with Crippen LogP contribution >= 0.6 is 11.8 Å². The lowest BCUT2D eigenvalue weighted by Crippen LogP contribution is -2.38. The number of thioether (sulfide) groups is 1. The largest absolute Gasteiger partial charge is 0.451 e. The predicted octanol–water partition coefficient (Wildman–Crippen LogP) is 0.196. The summed E-state index contributed by atoms with van der Waals surface area (Å²) in [5.74, 6) is -1.65. The lowest BCUT2D eigenvalue weighted by Gasteiger charge is -2.13. The highest BCUT2D eigenvalue weighted by atomic mass is 32.2. The number of ether oxygens (including phenoxy) is 1. The molecule has 1 saturated heterocycles. The van der Waals surface area contributed by atoms with Crippen molar-refractivity contribution in [3.63, 3.8) is 0 Å². The number of aryl methyl sites for hydroxylation is 1. The molecule has 25 heavy (non-hydrogen) atoms. The van der Waals surface area contributed by atoms with E-state index in [1.807, 2.05) is 0 Å². The summed E-state index contributed by atoms with van der Waals surface area (Å²) in [6, 6.07) is 1.39. The van der Waals surface area contributed by atoms with Crippen molar-refractivity contribution in [3.05, 3.63) is 23.5 Å². The molecule has 1 aliphatic heterocycles. The summed E-state index contributed by atoms with van der Waals surface area (Å²) in [5, 5.41) is 2.13. The number of imide groups is 1. The highest BCUT2D eigenvalue weighted by molar-refractivity contribution is 8.14. The fourth-order valence-electron chi connectivity index (χ4n) is 2.12. The molecule has 1 N–H and O–H groups in total. The Morgan fingerprint density at radius 1 is 1.32 bits per heavy atom. The van der Waals surface area contributed by atoms with Gasteiger partial charge in [0, 0.05) is 31.9 Å². The van der Waals surface area contributed by atoms with E-state index < -0.39 is 18.5 Å². The van der Waals surface area contributed by atoms with Crippen molar-refractivity contribution >= 4 is 40.6 Å². The van der Waals surface area contributed by atoms with Gasteiger partial charge in [-0.3, -0.25) is 24.1 Å². The lowest BCUT2D eigenvalue weighted by atomic mass is 10.2. The first-order valence-electron chi connectivity index (χ1n) is 7.38. The van der Waals surface area contributed by atoms with Crippen LogP contribution in [0.3, 0.4) is 0 Å². The van der Waals surface area contributed by atoms with Gasteiger partial charge in [-0.05, 0) is 13.0 Å². The van der Waals surface area contributed by atoms with Crippen LogP contribution in [0.5, 0.6) is 0 Å². The Morgan fingerprint density at radius 2 is 2.04 bits per heavy atom. The van der Waals surface area contributed by atoms with Crippen LogP contribution in [0.15, 0.2) is 12.3 Å². The predicted molar refractivity (Wildman–Crippen MR) is 88.3 cm³/mol. The monoisotopic (exact) mass is 367 g/mol. The molecular formula is C15H17N3O6S. The van der Waals surface area contributed by atoms with E-state index >= 15 is 0 Å². The Hall–Kier alpha value is -2.62. The standard InChI is InChI=1S/C15H17N3O6S/c1-9(19)10-5-11(17(2)6-10)14(22)24-7-12(20)16-3-4-18-13(21)8-25-15(18)23/h5-6H,3-4,7-8H2,1-2H3,(H,16,20). The molecule has 0 bridgehead atoms. The molecule has 134 valence electrons. The third-order valence-corrected chi connectivity index (χ3v) is 4.31. The van der Waals surface area contributed by atoms with Gasteiger partial charge >= 0.3 is 5.97 Å². The van der Waals surface area contributed by atoms with E-state index in [0.29, 0.717) is 5.56 Å². The number of rotatable bonds is 7. The number of hydrogen-bond donors (Lipinski definition) is 1. The van der Waals surface area contributed by atoms with Crippen molar-refractivity contribution in [3.8, 4) is 0 Å². The van der Waals surface area contributed by atoms with Crippen LogP contribution in [0.4, 0.5) is 4.79 Å². The number of amides is 3. The number of nitrogens with zero attached hydrogens (tertiary/aromatic N) is 2. The molecule has 0 aliphatic carbocycles. The molecule has 9 nitrogen and oxygen atoms in total. The molecule has 1 fully saturated rings. The number of hydrogen-bond acceptors (Lipinski definition) is 7. The first kappa shape index (κ1) is 18.7. The second kappa shape index (κ2) is 7.97. The minimum atomic E-state index is -0.730. The van der Waals surface area contributed by atoms with Crippen molar-refractivity contribution in [2.24, 2.45) is 7.05 Å². The van der Waals surface area contributed by atoms with Gasteiger partial charge in [0.25, 0.3) is 11.1 Å². The minimum absolute atomic E-state index is 0.0735. The molecule has 10 heteroatoms. The average molecular weight is 367 g/mol. The summed E-state index contributed by atoms with van der Waals surface area (Å²) in [6.07, 6.45) is 1.50. The normalized spacial score (nSPS) is 13.9. The second-order valence-corrected chi connectivity index (χ2v) is 6.23. The van der Waals surface area contributed by atoms with Gasteiger partial charge in [0.05, 0.1) is 5.75 Å². The molecule has 2 rings (SSSR count). The topological polar surface area (TPSA) is 115 Å². The van der Waals surface area contributed by atoms with E-state index in [-0.39, 0.29) is 41.5 Å². The van der Waals surface area contributed by atoms with Crippen LogP contribution in [0.1, 0.15) is 27.8 Å². The molecule has 1 aliphatic rings. The summed E-state index contributed by atoms with van der Waals surface area (Å²) < 4.78 is 6.34. The SMILES string of the molecule is CC(=O)c1cc(C(=O)OCC(=O)NCCN2C(=O)CSC2=O)n(C)c1. The molecule has 1 aromatic rings. The van der Waals surface area contributed by atoms with Crippen LogP contribution in [0.25, 0.3) is 0 Å². The summed E-state index contributed by atoms with van der Waals surface area (Å²) in [7, 11) is 1.59. The van der Waals surface area contributed by atoms with Crippen molar-refractivity contribution in [2.45, 2.75) is 6.92 Å². The van der Waals surface area contributed by atoms with Gasteiger partial charge in [0.1, 0.15) is 5.69 Å². The van der Waals surface area contributed by atoms with Gasteiger partial charge in [0.15, 0.2) is 12.4 Å². The summed E-state index contributed by atoms with van der Waals surface area (Å²) in [6.45, 7) is 1.03. The Bertz CT molecular complexity index is 726. The number of nitrogens with one attached hydrogen (secondary N) is 1. The maximum atomic E-state index is 11.9. The molecule has 0 saturated carbocycles. The molecule has 0 spiro atoms. The van der Waals surface area contributed by atoms with Crippen molar-refractivity contribution in [2.75, 3.05) is 25.4 Å². The van der Waals surface area contributed by atoms with E-state index in [2.05, 4.69) is 5.32 Å². The second-order valence-electron chi connectivity index (χ2n) is 5.31. The van der Waals surface area contributed by atoms with Crippen LogP contribution in [-0.4, -0.2) is 63.7 Å². The smallest absolute Gasteiger partial charge is 0.355 e. The van der Waals surface area contributed by atoms with Crippen LogP contribution < -0.4 is 5.32 Å². The first-order valence-corrected chi connectivity index (χ1v) is 8.36. The zero-order valence-electron chi connectivity index (χ0n) is 13.7. The highest BCUT2D eigenvalue weighted by Crippen LogP contribution is 2.17. The summed E-state index contributed by atoms with van der Waals surface area (Å²) in [4.78, 5) is 58.7. The van der Waals surface area contributed by atoms with E-state index in [1.165, 1.54) is 23.8 Å². The lowest BCUT2D eigenvalue weighted by molar-refractivity contribution is -0.126. The molecule has 0 atom stereocenters. The molecule has 0 radical (unpaired) electrons. The number of carbonyl (C=O) groups excluding carboxylic acids is 5. The molecule has 1 aromatic heterocycles. The number of esters is 1. The maximum Gasteiger partial charge on any atom is 0.355 e. The molecule has 2 heterocycles. The number of aromatic nitrogens is 1. The first-order chi connectivity index (χ1) is 11.8. The van der Waals surface area contributed by atoms with Gasteiger partial charge in [0.2, 0.25) is 5.91 Å². The van der Waals surface area contributed by atoms with E-state index in [1.54, 1.807) is 7.05 Å². The van der Waals surface area contributed by atoms with Crippen molar-refractivity contribution in [1.29, 1.82) is 0 Å². The van der Waals surface area contributed by atoms with Crippen LogP contribution in [0, 0.1) is 0 Å². The van der Waals surface area contributed by atoms with Crippen molar-refractivity contribution < 1.29 is 28.7 Å². The fraction of sp³-hybridized carbons (Fsp3) is 0.400. The summed E-state index contributed by atoms with van der Waals surface area (Å²) in [5.41, 5.74) is 0.528. The zero-order valence-corrected chi connectivity index (χ0v) is 14.6. The Morgan fingerprint density at radius 3 is 2.60 bits per heavy atom. The zero-order chi connectivity index (χ0) is 18.6. The molecular weight excluding hydrogens is 350 g/mol. The highest BCUT2D eigenvalue weighted by Gasteiger charge is 2.29. The third kappa shape index (κ3) is 4.69. The number of carbonyl (C=O) groups is 5. The van der Waals surface area contributed by atoms with Crippen LogP contribution in [-0.2, 0) is 21.4 Å². The fourth-order valence-corrected chi connectivity index (χ4v) is 2.87. The van der Waals surface area contributed by atoms with Gasteiger partial charge < -0.3 is 14.6 Å². The van der Waals surface area contributed by atoms with Crippen molar-refractivity contribution in [1.82, 2.24) is 14.8 Å².